The van der Waals surface area contributed by atoms with Gasteiger partial charge < -0.3 is 4.57 Å². The van der Waals surface area contributed by atoms with Crippen molar-refractivity contribution in [2.75, 3.05) is 0 Å². The van der Waals surface area contributed by atoms with Gasteiger partial charge in [0.15, 0.2) is 10.5 Å². The van der Waals surface area contributed by atoms with Gasteiger partial charge in [-0.25, -0.2) is 0 Å². The lowest BCUT2D eigenvalue weighted by molar-refractivity contribution is -0.384. The minimum atomic E-state index is -0.443. The van der Waals surface area contributed by atoms with E-state index >= 15 is 0 Å². The third kappa shape index (κ3) is 2.73. The smallest absolute Gasteiger partial charge is 0.300 e. The Morgan fingerprint density at radius 3 is 2.79 bits per heavy atom. The summed E-state index contributed by atoms with van der Waals surface area (Å²) in [5.74, 6) is -0.429. The first kappa shape index (κ1) is 16.1. The van der Waals surface area contributed by atoms with Crippen LogP contribution in [0.3, 0.4) is 0 Å². The Balaban J connectivity index is 2.07. The number of carbonyl (C=O) groups is 1. The van der Waals surface area contributed by atoms with Crippen molar-refractivity contribution >= 4 is 33.1 Å². The monoisotopic (exact) mass is 345 g/mol. The molecule has 1 amide bonds. The summed E-state index contributed by atoms with van der Waals surface area (Å²) in [6, 6.07) is 6.28. The lowest BCUT2D eigenvalue weighted by Crippen LogP contribution is -2.13. The highest BCUT2D eigenvalue weighted by molar-refractivity contribution is 7.16. The fourth-order valence-corrected chi connectivity index (χ4v) is 3.47. The van der Waals surface area contributed by atoms with Crippen LogP contribution in [-0.4, -0.2) is 25.2 Å². The molecule has 2 aromatic heterocycles. The number of thiazole rings is 1. The normalized spacial score (nSPS) is 12.0. The fraction of sp³-hybridized carbons (Fsp3) is 0.267. The lowest BCUT2D eigenvalue weighted by Gasteiger charge is -1.96. The molecule has 0 unspecified atom stereocenters. The van der Waals surface area contributed by atoms with Gasteiger partial charge in [-0.3, -0.25) is 19.6 Å². The van der Waals surface area contributed by atoms with Crippen molar-refractivity contribution in [1.29, 1.82) is 0 Å². The first-order valence-corrected chi connectivity index (χ1v) is 8.10. The summed E-state index contributed by atoms with van der Waals surface area (Å²) in [4.78, 5) is 27.4. The van der Waals surface area contributed by atoms with Crippen LogP contribution in [0.25, 0.3) is 10.2 Å². The van der Waals surface area contributed by atoms with Crippen molar-refractivity contribution in [1.82, 2.24) is 14.3 Å². The molecule has 2 heterocycles. The van der Waals surface area contributed by atoms with Crippen molar-refractivity contribution in [2.24, 2.45) is 12.0 Å². The number of nitrogens with zero attached hydrogens (tertiary/aromatic N) is 5. The SMILES string of the molecule is CCn1nc(C(=O)N=c2sc3cc([N+](=O)[O-])ccc3n2C)cc1C. The molecule has 0 saturated carbocycles. The van der Waals surface area contributed by atoms with Crippen LogP contribution < -0.4 is 4.80 Å². The summed E-state index contributed by atoms with van der Waals surface area (Å²) in [5.41, 5.74) is 1.98. The van der Waals surface area contributed by atoms with E-state index in [9.17, 15) is 14.9 Å². The molecule has 1 aromatic carbocycles. The predicted octanol–water partition coefficient (Wildman–Crippen LogP) is 2.41. The van der Waals surface area contributed by atoms with Crippen molar-refractivity contribution in [3.8, 4) is 0 Å². The number of benzene rings is 1. The van der Waals surface area contributed by atoms with Crippen LogP contribution in [0.1, 0.15) is 23.1 Å². The molecule has 0 aliphatic carbocycles. The minimum Gasteiger partial charge on any atom is -0.319 e. The standard InChI is InChI=1S/C15H15N5O3S/c1-4-19-9(2)7-11(17-19)14(21)16-15-18(3)12-6-5-10(20(22)23)8-13(12)24-15/h5-8H,4H2,1-3H3. The molecule has 0 bridgehead atoms. The molecule has 3 aromatic rings. The highest BCUT2D eigenvalue weighted by Gasteiger charge is 2.13. The number of nitro benzene ring substituents is 1. The average molecular weight is 345 g/mol. The molecule has 9 heteroatoms. The van der Waals surface area contributed by atoms with Gasteiger partial charge in [0, 0.05) is 31.4 Å². The average Bonchev–Trinajstić information content (AvgIpc) is 3.07. The Morgan fingerprint density at radius 1 is 1.42 bits per heavy atom. The van der Waals surface area contributed by atoms with E-state index < -0.39 is 10.8 Å². The molecular formula is C15H15N5O3S. The third-order valence-electron chi connectivity index (χ3n) is 3.70. The van der Waals surface area contributed by atoms with Crippen LogP contribution in [0.4, 0.5) is 5.69 Å². The molecular weight excluding hydrogens is 330 g/mol. The molecule has 8 nitrogen and oxygen atoms in total. The largest absolute Gasteiger partial charge is 0.319 e. The van der Waals surface area contributed by atoms with Gasteiger partial charge in [-0.1, -0.05) is 11.3 Å². The topological polar surface area (TPSA) is 95.3 Å². The summed E-state index contributed by atoms with van der Waals surface area (Å²) >= 11 is 1.23. The molecule has 0 atom stereocenters. The van der Waals surface area contributed by atoms with Gasteiger partial charge in [0.2, 0.25) is 0 Å². The quantitative estimate of drug-likeness (QED) is 0.538. The second kappa shape index (κ2) is 6.00. The maximum atomic E-state index is 12.3. The Hall–Kier alpha value is -2.81. The first-order valence-electron chi connectivity index (χ1n) is 7.28. The van der Waals surface area contributed by atoms with E-state index in [1.807, 2.05) is 13.8 Å². The van der Waals surface area contributed by atoms with Crippen LogP contribution >= 0.6 is 11.3 Å². The summed E-state index contributed by atoms with van der Waals surface area (Å²) in [7, 11) is 1.77. The molecule has 3 rings (SSSR count). The van der Waals surface area contributed by atoms with Crippen molar-refractivity contribution in [2.45, 2.75) is 20.4 Å². The van der Waals surface area contributed by atoms with Gasteiger partial charge in [0.1, 0.15) is 0 Å². The van der Waals surface area contributed by atoms with Gasteiger partial charge in [-0.2, -0.15) is 10.1 Å². The van der Waals surface area contributed by atoms with Crippen molar-refractivity contribution in [3.05, 3.63) is 50.6 Å². The molecule has 0 aliphatic rings. The molecule has 0 radical (unpaired) electrons. The molecule has 0 N–H and O–H groups in total. The van der Waals surface area contributed by atoms with Gasteiger partial charge in [0.05, 0.1) is 15.1 Å². The van der Waals surface area contributed by atoms with Crippen LogP contribution in [0.5, 0.6) is 0 Å². The summed E-state index contributed by atoms with van der Waals surface area (Å²) in [6.07, 6.45) is 0. The lowest BCUT2D eigenvalue weighted by atomic mass is 10.3. The van der Waals surface area contributed by atoms with Crippen LogP contribution in [-0.2, 0) is 13.6 Å². The molecule has 0 aliphatic heterocycles. The van der Waals surface area contributed by atoms with E-state index in [4.69, 9.17) is 0 Å². The van der Waals surface area contributed by atoms with E-state index in [2.05, 4.69) is 10.1 Å². The Labute approximate surface area is 140 Å². The Bertz CT molecular complexity index is 1030. The third-order valence-corrected chi connectivity index (χ3v) is 4.80. The molecule has 24 heavy (non-hydrogen) atoms. The van der Waals surface area contributed by atoms with Crippen LogP contribution in [0, 0.1) is 17.0 Å². The number of non-ortho nitro benzene ring substituents is 1. The summed E-state index contributed by atoms with van der Waals surface area (Å²) in [5, 5.41) is 15.1. The number of nitro groups is 1. The number of aromatic nitrogens is 3. The number of aryl methyl sites for hydroxylation is 3. The maximum absolute atomic E-state index is 12.3. The number of hydrogen-bond donors (Lipinski definition) is 0. The number of amides is 1. The van der Waals surface area contributed by atoms with E-state index in [0.717, 1.165) is 11.2 Å². The molecule has 124 valence electrons. The summed E-state index contributed by atoms with van der Waals surface area (Å²) < 4.78 is 4.18. The van der Waals surface area contributed by atoms with Crippen LogP contribution in [0.15, 0.2) is 29.3 Å². The zero-order valence-corrected chi connectivity index (χ0v) is 14.2. The molecule has 0 spiro atoms. The maximum Gasteiger partial charge on any atom is 0.300 e. The summed E-state index contributed by atoms with van der Waals surface area (Å²) in [6.45, 7) is 4.51. The minimum absolute atomic E-state index is 0.0135. The van der Waals surface area contributed by atoms with Crippen LogP contribution in [0.2, 0.25) is 0 Å². The van der Waals surface area contributed by atoms with Gasteiger partial charge in [-0.15, -0.1) is 0 Å². The number of hydrogen-bond acceptors (Lipinski definition) is 5. The number of rotatable bonds is 3. The van der Waals surface area contributed by atoms with E-state index in [0.29, 0.717) is 16.0 Å². The fourth-order valence-electron chi connectivity index (χ4n) is 2.42. The van der Waals surface area contributed by atoms with Gasteiger partial charge in [0.25, 0.3) is 11.6 Å². The predicted molar refractivity (Wildman–Crippen MR) is 90.0 cm³/mol. The second-order valence-corrected chi connectivity index (χ2v) is 6.27. The highest BCUT2D eigenvalue weighted by Crippen LogP contribution is 2.22. The number of fused-ring (bicyclic) bond motifs is 1. The Kier molecular flexibility index (Phi) is 4.02. The van der Waals surface area contributed by atoms with E-state index in [1.54, 1.807) is 28.4 Å². The van der Waals surface area contributed by atoms with Gasteiger partial charge in [-0.05, 0) is 26.0 Å². The van der Waals surface area contributed by atoms with Crippen molar-refractivity contribution < 1.29 is 9.72 Å². The first-order chi connectivity index (χ1) is 11.4. The Morgan fingerprint density at radius 2 is 2.17 bits per heavy atom. The van der Waals surface area contributed by atoms with E-state index in [1.165, 1.54) is 23.5 Å². The van der Waals surface area contributed by atoms with Crippen molar-refractivity contribution in [3.63, 3.8) is 0 Å². The van der Waals surface area contributed by atoms with E-state index in [-0.39, 0.29) is 11.4 Å². The van der Waals surface area contributed by atoms with Gasteiger partial charge >= 0.3 is 0 Å². The zero-order valence-electron chi connectivity index (χ0n) is 13.4. The molecule has 0 fully saturated rings. The second-order valence-electron chi connectivity index (χ2n) is 5.26. The highest BCUT2D eigenvalue weighted by atomic mass is 32.1. The molecule has 0 saturated heterocycles. The number of carbonyl (C=O) groups excluding carboxylic acids is 1. The zero-order chi connectivity index (χ0) is 17.4.